The van der Waals surface area contributed by atoms with Gasteiger partial charge >= 0.3 is 5.97 Å². The number of hydrogen-bond acceptors (Lipinski definition) is 6. The largest absolute Gasteiger partial charge is 0.507 e. The molecule has 2 aromatic rings. The van der Waals surface area contributed by atoms with E-state index in [9.17, 15) is 20.0 Å². The number of phenols is 1. The van der Waals surface area contributed by atoms with Gasteiger partial charge in [-0.25, -0.2) is 4.79 Å². The first-order valence-corrected chi connectivity index (χ1v) is 10.8. The number of nitriles is 1. The van der Waals surface area contributed by atoms with E-state index in [4.69, 9.17) is 4.74 Å². The zero-order valence-corrected chi connectivity index (χ0v) is 18.2. The van der Waals surface area contributed by atoms with E-state index in [-0.39, 0.29) is 17.9 Å². The fourth-order valence-electron chi connectivity index (χ4n) is 3.19. The number of carbonyl (C=O) groups excluding carboxylic acids is 2. The zero-order valence-electron chi connectivity index (χ0n) is 15.8. The summed E-state index contributed by atoms with van der Waals surface area (Å²) in [5.41, 5.74) is 1.48. The normalized spacial score (nSPS) is 13.3. The van der Waals surface area contributed by atoms with Gasteiger partial charge in [-0.1, -0.05) is 15.9 Å². The minimum absolute atomic E-state index is 0.0486. The van der Waals surface area contributed by atoms with Crippen molar-refractivity contribution in [3.05, 3.63) is 49.8 Å². The Morgan fingerprint density at radius 1 is 1.38 bits per heavy atom. The predicted octanol–water partition coefficient (Wildman–Crippen LogP) is 4.82. The molecule has 29 heavy (non-hydrogen) atoms. The summed E-state index contributed by atoms with van der Waals surface area (Å²) >= 11 is 4.66. The Morgan fingerprint density at radius 3 is 2.86 bits per heavy atom. The highest BCUT2D eigenvalue weighted by atomic mass is 79.9. The second-order valence-corrected chi connectivity index (χ2v) is 8.48. The van der Waals surface area contributed by atoms with Crippen LogP contribution in [0.3, 0.4) is 0 Å². The molecule has 150 valence electrons. The molecule has 0 saturated carbocycles. The highest BCUT2D eigenvalue weighted by Gasteiger charge is 2.27. The monoisotopic (exact) mass is 474 g/mol. The van der Waals surface area contributed by atoms with Crippen molar-refractivity contribution in [3.8, 4) is 11.8 Å². The summed E-state index contributed by atoms with van der Waals surface area (Å²) in [6.07, 6.45) is 4.95. The molecule has 3 rings (SSSR count). The molecule has 1 aliphatic carbocycles. The van der Waals surface area contributed by atoms with Gasteiger partial charge in [0.1, 0.15) is 22.4 Å². The van der Waals surface area contributed by atoms with E-state index in [0.717, 1.165) is 36.1 Å². The van der Waals surface area contributed by atoms with Gasteiger partial charge in [0.05, 0.1) is 12.2 Å². The van der Waals surface area contributed by atoms with Crippen LogP contribution in [0.15, 0.2) is 28.2 Å². The summed E-state index contributed by atoms with van der Waals surface area (Å²) in [6, 6.07) is 6.59. The van der Waals surface area contributed by atoms with Crippen LogP contribution in [0, 0.1) is 11.3 Å². The van der Waals surface area contributed by atoms with Crippen LogP contribution in [-0.2, 0) is 22.4 Å². The van der Waals surface area contributed by atoms with E-state index in [0.29, 0.717) is 20.6 Å². The van der Waals surface area contributed by atoms with Crippen molar-refractivity contribution in [1.82, 2.24) is 0 Å². The van der Waals surface area contributed by atoms with Crippen LogP contribution < -0.4 is 5.32 Å². The summed E-state index contributed by atoms with van der Waals surface area (Å²) < 4.78 is 5.89. The van der Waals surface area contributed by atoms with Gasteiger partial charge in [0, 0.05) is 14.9 Å². The fraction of sp³-hybridized carbons (Fsp3) is 0.286. The molecule has 1 aliphatic rings. The second-order valence-electron chi connectivity index (χ2n) is 6.46. The molecule has 0 aliphatic heterocycles. The highest BCUT2D eigenvalue weighted by molar-refractivity contribution is 9.10. The van der Waals surface area contributed by atoms with E-state index in [1.807, 2.05) is 6.07 Å². The topological polar surface area (TPSA) is 99.4 Å². The maximum Gasteiger partial charge on any atom is 0.341 e. The number of aryl methyl sites for hydroxylation is 1. The standard InChI is InChI=1S/C21H19BrN2O4S/c1-2-28-21(27)18-15-5-3-4-6-17(15)29-20(18)24-19(26)13(11-23)9-12-10-14(22)7-8-16(12)25/h7-10,25H,2-6H2,1H3,(H,24,26). The molecule has 8 heteroatoms. The van der Waals surface area contributed by atoms with Gasteiger partial charge in [-0.15, -0.1) is 11.3 Å². The number of nitrogens with zero attached hydrogens (tertiary/aromatic N) is 1. The van der Waals surface area contributed by atoms with Gasteiger partial charge in [-0.2, -0.15) is 5.26 Å². The van der Waals surface area contributed by atoms with Crippen molar-refractivity contribution in [2.45, 2.75) is 32.6 Å². The van der Waals surface area contributed by atoms with Crippen LogP contribution >= 0.6 is 27.3 Å². The highest BCUT2D eigenvalue weighted by Crippen LogP contribution is 2.39. The number of rotatable bonds is 5. The van der Waals surface area contributed by atoms with Crippen molar-refractivity contribution in [3.63, 3.8) is 0 Å². The molecule has 1 aromatic carbocycles. The van der Waals surface area contributed by atoms with Gasteiger partial charge in [0.15, 0.2) is 0 Å². The Hall–Kier alpha value is -2.63. The Morgan fingerprint density at radius 2 is 2.14 bits per heavy atom. The number of esters is 1. The number of benzene rings is 1. The average molecular weight is 475 g/mol. The molecule has 0 atom stereocenters. The number of ether oxygens (including phenoxy) is 1. The zero-order chi connectivity index (χ0) is 21.0. The lowest BCUT2D eigenvalue weighted by atomic mass is 9.95. The number of nitrogens with one attached hydrogen (secondary N) is 1. The average Bonchev–Trinajstić information content (AvgIpc) is 3.06. The van der Waals surface area contributed by atoms with Crippen LogP contribution in [0.25, 0.3) is 6.08 Å². The van der Waals surface area contributed by atoms with Crippen molar-refractivity contribution in [2.75, 3.05) is 11.9 Å². The summed E-state index contributed by atoms with van der Waals surface area (Å²) in [4.78, 5) is 26.3. The molecule has 2 N–H and O–H groups in total. The quantitative estimate of drug-likeness (QED) is 0.367. The van der Waals surface area contributed by atoms with Gasteiger partial charge in [-0.05, 0) is 62.4 Å². The molecule has 1 aromatic heterocycles. The van der Waals surface area contributed by atoms with E-state index >= 15 is 0 Å². The Balaban J connectivity index is 1.94. The first kappa shape index (κ1) is 21.1. The van der Waals surface area contributed by atoms with E-state index < -0.39 is 11.9 Å². The lowest BCUT2D eigenvalue weighted by Crippen LogP contribution is -2.16. The van der Waals surface area contributed by atoms with E-state index in [1.165, 1.54) is 23.5 Å². The number of halogens is 1. The van der Waals surface area contributed by atoms with E-state index in [2.05, 4.69) is 21.2 Å². The first-order valence-electron chi connectivity index (χ1n) is 9.18. The van der Waals surface area contributed by atoms with Crippen molar-refractivity contribution in [2.24, 2.45) is 0 Å². The van der Waals surface area contributed by atoms with Crippen LogP contribution in [-0.4, -0.2) is 23.6 Å². The van der Waals surface area contributed by atoms with Gasteiger partial charge in [0.25, 0.3) is 5.91 Å². The number of thiophene rings is 1. The third-order valence-corrected chi connectivity index (χ3v) is 6.23. The van der Waals surface area contributed by atoms with Crippen LogP contribution in [0.4, 0.5) is 5.00 Å². The molecular weight excluding hydrogens is 456 g/mol. The molecular formula is C21H19BrN2O4S. The predicted molar refractivity (Wildman–Crippen MR) is 115 cm³/mol. The van der Waals surface area contributed by atoms with Gasteiger partial charge in [-0.3, -0.25) is 4.79 Å². The van der Waals surface area contributed by atoms with Crippen LogP contribution in [0.5, 0.6) is 5.75 Å². The Bertz CT molecular complexity index is 1040. The van der Waals surface area contributed by atoms with Crippen LogP contribution in [0.1, 0.15) is 46.1 Å². The molecule has 1 heterocycles. The molecule has 1 amide bonds. The lowest BCUT2D eigenvalue weighted by molar-refractivity contribution is -0.112. The minimum atomic E-state index is -0.643. The first-order chi connectivity index (χ1) is 13.9. The smallest absolute Gasteiger partial charge is 0.341 e. The van der Waals surface area contributed by atoms with E-state index in [1.54, 1.807) is 19.1 Å². The maximum absolute atomic E-state index is 12.7. The van der Waals surface area contributed by atoms with Gasteiger partial charge < -0.3 is 15.2 Å². The number of anilines is 1. The molecule has 0 saturated heterocycles. The number of amides is 1. The number of fused-ring (bicyclic) bond motifs is 1. The summed E-state index contributed by atoms with van der Waals surface area (Å²) in [6.45, 7) is 1.97. The summed E-state index contributed by atoms with van der Waals surface area (Å²) in [5.74, 6) is -1.15. The Kier molecular flexibility index (Phi) is 6.72. The summed E-state index contributed by atoms with van der Waals surface area (Å²) in [5, 5.41) is 22.5. The third-order valence-electron chi connectivity index (χ3n) is 4.53. The third kappa shape index (κ3) is 4.69. The van der Waals surface area contributed by atoms with Crippen molar-refractivity contribution < 1.29 is 19.4 Å². The van der Waals surface area contributed by atoms with Crippen molar-refractivity contribution in [1.29, 1.82) is 5.26 Å². The second kappa shape index (κ2) is 9.25. The molecule has 0 radical (unpaired) electrons. The maximum atomic E-state index is 12.7. The lowest BCUT2D eigenvalue weighted by Gasteiger charge is -2.12. The van der Waals surface area contributed by atoms with Crippen LogP contribution in [0.2, 0.25) is 0 Å². The fourth-order valence-corrected chi connectivity index (χ4v) is 4.84. The number of carbonyl (C=O) groups is 2. The minimum Gasteiger partial charge on any atom is -0.507 e. The molecule has 0 fully saturated rings. The number of hydrogen-bond donors (Lipinski definition) is 2. The Labute approximate surface area is 180 Å². The van der Waals surface area contributed by atoms with Gasteiger partial charge in [0.2, 0.25) is 0 Å². The SMILES string of the molecule is CCOC(=O)c1c(NC(=O)C(C#N)=Cc2cc(Br)ccc2O)sc2c1CCCC2. The summed E-state index contributed by atoms with van der Waals surface area (Å²) in [7, 11) is 0. The molecule has 0 unspecified atom stereocenters. The molecule has 6 nitrogen and oxygen atoms in total. The molecule has 0 spiro atoms. The number of aromatic hydroxyl groups is 1. The molecule has 0 bridgehead atoms. The number of phenolic OH excluding ortho intramolecular Hbond substituents is 1. The van der Waals surface area contributed by atoms with Crippen molar-refractivity contribution >= 4 is 50.2 Å².